The molecule has 0 aliphatic carbocycles. The third kappa shape index (κ3) is 4.02. The first kappa shape index (κ1) is 21.0. The third-order valence-electron chi connectivity index (χ3n) is 5.41. The van der Waals surface area contributed by atoms with E-state index in [-0.39, 0.29) is 24.3 Å². The molecule has 2 aromatic rings. The highest BCUT2D eigenvalue weighted by Gasteiger charge is 2.46. The van der Waals surface area contributed by atoms with Crippen molar-refractivity contribution in [3.8, 4) is 18.4 Å². The molecule has 1 saturated heterocycles. The van der Waals surface area contributed by atoms with Gasteiger partial charge < -0.3 is 11.1 Å². The molecule has 1 aliphatic rings. The number of likely N-dealkylation sites (tertiary alicyclic amines) is 1. The molecule has 1 aromatic carbocycles. The summed E-state index contributed by atoms with van der Waals surface area (Å²) in [5.41, 5.74) is 5.82. The normalized spacial score (nSPS) is 21.4. The number of terminal acetylenes is 1. The number of nitrogens with zero attached hydrogens (tertiary/aromatic N) is 4. The van der Waals surface area contributed by atoms with Crippen molar-refractivity contribution in [2.24, 2.45) is 5.73 Å². The minimum atomic E-state index is -1.43. The number of rotatable bonds is 7. The van der Waals surface area contributed by atoms with Gasteiger partial charge in [0.1, 0.15) is 17.3 Å². The van der Waals surface area contributed by atoms with Gasteiger partial charge in [0.15, 0.2) is 5.82 Å². The van der Waals surface area contributed by atoms with Crippen molar-refractivity contribution in [3.05, 3.63) is 47.2 Å². The van der Waals surface area contributed by atoms with E-state index in [1.54, 1.807) is 0 Å². The molecular formula is C21H21FN6O2. The number of benzene rings is 1. The van der Waals surface area contributed by atoms with E-state index in [0.29, 0.717) is 25.9 Å². The number of nitriles is 1. The first-order valence-corrected chi connectivity index (χ1v) is 9.32. The molecule has 0 saturated carbocycles. The molecule has 2 unspecified atom stereocenters. The number of aromatic nitrogens is 2. The van der Waals surface area contributed by atoms with Crippen molar-refractivity contribution in [1.82, 2.24) is 14.7 Å². The maximum Gasteiger partial charge on any atom is 0.254 e. The van der Waals surface area contributed by atoms with Crippen LogP contribution in [0.1, 0.15) is 34.3 Å². The predicted molar refractivity (Wildman–Crippen MR) is 108 cm³/mol. The summed E-state index contributed by atoms with van der Waals surface area (Å²) in [6.45, 7) is 1.14. The van der Waals surface area contributed by atoms with Gasteiger partial charge in [-0.3, -0.25) is 19.2 Å². The van der Waals surface area contributed by atoms with Crippen molar-refractivity contribution in [2.45, 2.75) is 31.1 Å². The van der Waals surface area contributed by atoms with Gasteiger partial charge >= 0.3 is 0 Å². The van der Waals surface area contributed by atoms with Crippen LogP contribution in [-0.4, -0.2) is 46.3 Å². The van der Waals surface area contributed by atoms with Crippen molar-refractivity contribution in [3.63, 3.8) is 0 Å². The van der Waals surface area contributed by atoms with Crippen LogP contribution in [0.4, 0.5) is 10.2 Å². The minimum absolute atomic E-state index is 0.0392. The van der Waals surface area contributed by atoms with Gasteiger partial charge in [0.05, 0.1) is 12.5 Å². The second-order valence-corrected chi connectivity index (χ2v) is 7.19. The van der Waals surface area contributed by atoms with E-state index < -0.39 is 17.6 Å². The molecule has 30 heavy (non-hydrogen) atoms. The summed E-state index contributed by atoms with van der Waals surface area (Å²) in [4.78, 5) is 24.4. The van der Waals surface area contributed by atoms with Crippen molar-refractivity contribution >= 4 is 18.1 Å². The van der Waals surface area contributed by atoms with E-state index in [1.807, 2.05) is 35.2 Å². The Balaban J connectivity index is 1.83. The zero-order valence-corrected chi connectivity index (χ0v) is 16.2. The monoisotopic (exact) mass is 408 g/mol. The van der Waals surface area contributed by atoms with Gasteiger partial charge in [0.2, 0.25) is 6.41 Å². The second kappa shape index (κ2) is 8.76. The molecule has 1 aliphatic heterocycles. The van der Waals surface area contributed by atoms with Crippen LogP contribution < -0.4 is 11.1 Å². The molecular weight excluding hydrogens is 387 g/mol. The van der Waals surface area contributed by atoms with Crippen LogP contribution in [-0.2, 0) is 16.9 Å². The SMILES string of the molecule is C#Cc1ccc(CN2CCC(CC#N)(n3cc(C(N)=O)c(NC=O)n3)C(F)C2)cc1. The van der Waals surface area contributed by atoms with E-state index in [9.17, 15) is 14.9 Å². The van der Waals surface area contributed by atoms with Crippen LogP contribution in [0.5, 0.6) is 0 Å². The van der Waals surface area contributed by atoms with E-state index in [1.165, 1.54) is 10.9 Å². The number of amides is 2. The lowest BCUT2D eigenvalue weighted by molar-refractivity contribution is -0.105. The van der Waals surface area contributed by atoms with Gasteiger partial charge in [-0.2, -0.15) is 10.4 Å². The highest BCUT2D eigenvalue weighted by Crippen LogP contribution is 2.37. The maximum absolute atomic E-state index is 15.5. The molecule has 0 bridgehead atoms. The number of primary amides is 1. The summed E-state index contributed by atoms with van der Waals surface area (Å²) < 4.78 is 16.8. The summed E-state index contributed by atoms with van der Waals surface area (Å²) in [6.07, 6.45) is 5.75. The molecule has 2 atom stereocenters. The Kier molecular flexibility index (Phi) is 6.14. The van der Waals surface area contributed by atoms with Crippen LogP contribution in [0.25, 0.3) is 0 Å². The van der Waals surface area contributed by atoms with Gasteiger partial charge in [-0.1, -0.05) is 18.1 Å². The Morgan fingerprint density at radius 3 is 2.77 bits per heavy atom. The van der Waals surface area contributed by atoms with Gasteiger partial charge in [0, 0.05) is 31.4 Å². The number of carbonyl (C=O) groups excluding carboxylic acids is 2. The molecule has 0 radical (unpaired) electrons. The number of anilines is 1. The third-order valence-corrected chi connectivity index (χ3v) is 5.41. The molecule has 154 valence electrons. The Morgan fingerprint density at radius 1 is 1.47 bits per heavy atom. The number of nitrogens with one attached hydrogen (secondary N) is 1. The molecule has 9 heteroatoms. The number of alkyl halides is 1. The molecule has 1 fully saturated rings. The lowest BCUT2D eigenvalue weighted by Crippen LogP contribution is -2.54. The summed E-state index contributed by atoms with van der Waals surface area (Å²) in [5, 5.41) is 15.8. The Labute approximate surface area is 173 Å². The molecule has 8 nitrogen and oxygen atoms in total. The van der Waals surface area contributed by atoms with Crippen LogP contribution in [0.15, 0.2) is 30.5 Å². The van der Waals surface area contributed by atoms with Crippen LogP contribution in [0, 0.1) is 23.7 Å². The molecule has 3 N–H and O–H groups in total. The van der Waals surface area contributed by atoms with Crippen LogP contribution >= 0.6 is 0 Å². The zero-order valence-electron chi connectivity index (χ0n) is 16.2. The summed E-state index contributed by atoms with van der Waals surface area (Å²) in [5.74, 6) is 1.70. The lowest BCUT2D eigenvalue weighted by atomic mass is 9.83. The van der Waals surface area contributed by atoms with E-state index in [0.717, 1.165) is 11.1 Å². The fourth-order valence-electron chi connectivity index (χ4n) is 3.72. The number of halogens is 1. The number of carbonyl (C=O) groups is 2. The minimum Gasteiger partial charge on any atom is -0.365 e. The predicted octanol–water partition coefficient (Wildman–Crippen LogP) is 1.38. The Hall–Kier alpha value is -3.69. The highest BCUT2D eigenvalue weighted by molar-refractivity contribution is 5.99. The van der Waals surface area contributed by atoms with Gasteiger partial charge in [-0.25, -0.2) is 4.39 Å². The van der Waals surface area contributed by atoms with E-state index in [2.05, 4.69) is 16.3 Å². The van der Waals surface area contributed by atoms with Crippen molar-refractivity contribution in [2.75, 3.05) is 18.4 Å². The fourth-order valence-corrected chi connectivity index (χ4v) is 3.72. The van der Waals surface area contributed by atoms with Gasteiger partial charge in [-0.05, 0) is 24.1 Å². The number of hydrogen-bond donors (Lipinski definition) is 2. The first-order valence-electron chi connectivity index (χ1n) is 9.32. The number of nitrogens with two attached hydrogens (primary N) is 1. The summed E-state index contributed by atoms with van der Waals surface area (Å²) >= 11 is 0. The Bertz CT molecular complexity index is 1020. The lowest BCUT2D eigenvalue weighted by Gasteiger charge is -2.43. The van der Waals surface area contributed by atoms with Gasteiger partial charge in [-0.15, -0.1) is 6.42 Å². The average molecular weight is 408 g/mol. The quantitative estimate of drug-likeness (QED) is 0.530. The van der Waals surface area contributed by atoms with Gasteiger partial charge in [0.25, 0.3) is 5.91 Å². The molecule has 2 amide bonds. The fraction of sp³-hybridized carbons (Fsp3) is 0.333. The maximum atomic E-state index is 15.5. The average Bonchev–Trinajstić information content (AvgIpc) is 3.16. The second-order valence-electron chi connectivity index (χ2n) is 7.19. The van der Waals surface area contributed by atoms with Crippen molar-refractivity contribution in [1.29, 1.82) is 5.26 Å². The summed E-state index contributed by atoms with van der Waals surface area (Å²) in [7, 11) is 0. The van der Waals surface area contributed by atoms with Crippen molar-refractivity contribution < 1.29 is 14.0 Å². The highest BCUT2D eigenvalue weighted by atomic mass is 19.1. The molecule has 2 heterocycles. The smallest absolute Gasteiger partial charge is 0.254 e. The Morgan fingerprint density at radius 2 is 2.20 bits per heavy atom. The van der Waals surface area contributed by atoms with E-state index in [4.69, 9.17) is 12.2 Å². The zero-order chi connectivity index (χ0) is 21.7. The largest absolute Gasteiger partial charge is 0.365 e. The molecule has 0 spiro atoms. The number of hydrogen-bond acceptors (Lipinski definition) is 5. The molecule has 3 rings (SSSR count). The number of piperidine rings is 1. The molecule has 1 aromatic heterocycles. The van der Waals surface area contributed by atoms with Crippen LogP contribution in [0.3, 0.4) is 0 Å². The standard InChI is InChI=1S/C21H21FN6O2/c1-2-15-3-5-16(6-4-15)11-27-10-8-21(7-9-23,18(22)13-27)28-12-17(19(24)30)20(26-28)25-14-29/h1,3-6,12,14,18H,7-8,10-11,13H2,(H2,24,30)(H,25,26,29). The topological polar surface area (TPSA) is 117 Å². The van der Waals surface area contributed by atoms with Crippen LogP contribution in [0.2, 0.25) is 0 Å². The summed E-state index contributed by atoms with van der Waals surface area (Å²) in [6, 6.07) is 9.52. The van der Waals surface area contributed by atoms with E-state index >= 15 is 4.39 Å². The first-order chi connectivity index (χ1) is 14.4.